The lowest BCUT2D eigenvalue weighted by atomic mass is 9.99. The highest BCUT2D eigenvalue weighted by Gasteiger charge is 2.23. The Hall–Kier alpha value is -2.86. The number of carbonyl (C=O) groups excluding carboxylic acids is 2. The Labute approximate surface area is 158 Å². The van der Waals surface area contributed by atoms with E-state index in [1.165, 1.54) is 5.56 Å². The number of amides is 3. The third kappa shape index (κ3) is 4.28. The predicted molar refractivity (Wildman–Crippen MR) is 106 cm³/mol. The number of benzene rings is 2. The smallest absolute Gasteiger partial charge is 0.319 e. The number of anilines is 2. The van der Waals surface area contributed by atoms with Gasteiger partial charge < -0.3 is 20.9 Å². The summed E-state index contributed by atoms with van der Waals surface area (Å²) in [6, 6.07) is 15.9. The minimum absolute atomic E-state index is 0.00831. The van der Waals surface area contributed by atoms with Crippen LogP contribution in [0.4, 0.5) is 16.2 Å². The maximum absolute atomic E-state index is 12.1. The van der Waals surface area contributed by atoms with E-state index in [9.17, 15) is 9.59 Å². The van der Waals surface area contributed by atoms with Crippen LogP contribution in [0.2, 0.25) is 0 Å². The van der Waals surface area contributed by atoms with Crippen molar-refractivity contribution in [2.24, 2.45) is 0 Å². The third-order valence-corrected chi connectivity index (χ3v) is 5.25. The van der Waals surface area contributed by atoms with Crippen molar-refractivity contribution >= 4 is 23.3 Å². The minimum atomic E-state index is -0.217. The number of carbonyl (C=O) groups is 2. The molecule has 2 aliphatic heterocycles. The summed E-state index contributed by atoms with van der Waals surface area (Å²) < 4.78 is 0. The number of likely N-dealkylation sites (tertiary alicyclic amines) is 1. The van der Waals surface area contributed by atoms with Gasteiger partial charge in [0.05, 0.1) is 6.42 Å². The fraction of sp³-hybridized carbons (Fsp3) is 0.333. The molecule has 2 aromatic carbocycles. The van der Waals surface area contributed by atoms with E-state index in [1.54, 1.807) is 6.07 Å². The average molecular weight is 364 g/mol. The second-order valence-corrected chi connectivity index (χ2v) is 7.17. The zero-order chi connectivity index (χ0) is 18.6. The lowest BCUT2D eigenvalue weighted by Gasteiger charge is -2.17. The summed E-state index contributed by atoms with van der Waals surface area (Å²) in [5.74, 6) is 0.578. The maximum Gasteiger partial charge on any atom is 0.319 e. The van der Waals surface area contributed by atoms with Crippen LogP contribution in [0, 0.1) is 0 Å². The highest BCUT2D eigenvalue weighted by molar-refractivity contribution is 6.00. The molecule has 6 nitrogen and oxygen atoms in total. The number of hydrogen-bond donors (Lipinski definition) is 3. The van der Waals surface area contributed by atoms with Crippen LogP contribution >= 0.6 is 0 Å². The van der Waals surface area contributed by atoms with Crippen molar-refractivity contribution in [2.75, 3.05) is 36.8 Å². The number of hydrogen-bond acceptors (Lipinski definition) is 3. The molecule has 1 atom stereocenters. The summed E-state index contributed by atoms with van der Waals surface area (Å²) in [4.78, 5) is 25.9. The summed E-state index contributed by atoms with van der Waals surface area (Å²) in [6.07, 6.45) is 1.53. The van der Waals surface area contributed by atoms with Gasteiger partial charge in [0.25, 0.3) is 0 Å². The Bertz CT molecular complexity index is 837. The average Bonchev–Trinajstić information content (AvgIpc) is 3.28. The molecule has 2 heterocycles. The monoisotopic (exact) mass is 364 g/mol. The quantitative estimate of drug-likeness (QED) is 0.764. The van der Waals surface area contributed by atoms with Gasteiger partial charge in [0, 0.05) is 31.0 Å². The molecule has 3 amide bonds. The van der Waals surface area contributed by atoms with Crippen molar-refractivity contribution in [2.45, 2.75) is 18.8 Å². The van der Waals surface area contributed by atoms with Crippen LogP contribution < -0.4 is 16.0 Å². The molecule has 1 fully saturated rings. The van der Waals surface area contributed by atoms with E-state index in [2.05, 4.69) is 45.1 Å². The van der Waals surface area contributed by atoms with Crippen LogP contribution in [0.3, 0.4) is 0 Å². The van der Waals surface area contributed by atoms with Crippen molar-refractivity contribution < 1.29 is 9.59 Å². The molecule has 0 aromatic heterocycles. The van der Waals surface area contributed by atoms with Gasteiger partial charge in [0.1, 0.15) is 0 Å². The Kier molecular flexibility index (Phi) is 5.07. The molecule has 1 saturated heterocycles. The second-order valence-electron chi connectivity index (χ2n) is 7.17. The maximum atomic E-state index is 12.1. The lowest BCUT2D eigenvalue weighted by molar-refractivity contribution is -0.115. The van der Waals surface area contributed by atoms with Gasteiger partial charge in [-0.25, -0.2) is 4.79 Å². The molecule has 0 bridgehead atoms. The summed E-state index contributed by atoms with van der Waals surface area (Å²) in [6.45, 7) is 3.56. The number of urea groups is 1. The third-order valence-electron chi connectivity index (χ3n) is 5.25. The van der Waals surface area contributed by atoms with Gasteiger partial charge >= 0.3 is 6.03 Å². The van der Waals surface area contributed by atoms with E-state index in [4.69, 9.17) is 0 Å². The zero-order valence-electron chi connectivity index (χ0n) is 15.2. The number of fused-ring (bicyclic) bond motifs is 1. The van der Waals surface area contributed by atoms with Crippen LogP contribution in [-0.2, 0) is 11.2 Å². The Morgan fingerprint density at radius 3 is 2.89 bits per heavy atom. The molecule has 0 radical (unpaired) electrons. The SMILES string of the molecule is O=C1Cc2cc(NC(=O)NCCN3CC[C@@H](c4ccccc4)C3)ccc2N1. The largest absolute Gasteiger partial charge is 0.337 e. The fourth-order valence-electron chi connectivity index (χ4n) is 3.84. The van der Waals surface area contributed by atoms with Gasteiger partial charge in [-0.15, -0.1) is 0 Å². The van der Waals surface area contributed by atoms with Crippen molar-refractivity contribution in [3.63, 3.8) is 0 Å². The first-order valence-electron chi connectivity index (χ1n) is 9.42. The van der Waals surface area contributed by atoms with E-state index >= 15 is 0 Å². The van der Waals surface area contributed by atoms with Gasteiger partial charge in [-0.1, -0.05) is 30.3 Å². The lowest BCUT2D eigenvalue weighted by Crippen LogP contribution is -2.36. The molecule has 0 spiro atoms. The Balaban J connectivity index is 1.20. The van der Waals surface area contributed by atoms with Gasteiger partial charge in [-0.3, -0.25) is 4.79 Å². The summed E-state index contributed by atoms with van der Waals surface area (Å²) in [5.41, 5.74) is 3.85. The van der Waals surface area contributed by atoms with Crippen LogP contribution in [0.15, 0.2) is 48.5 Å². The summed E-state index contributed by atoms with van der Waals surface area (Å²) in [5, 5.41) is 8.54. The molecular formula is C21H24N4O2. The van der Waals surface area contributed by atoms with Gasteiger partial charge in [-0.05, 0) is 48.2 Å². The predicted octanol–water partition coefficient (Wildman–Crippen LogP) is 2.79. The molecular weight excluding hydrogens is 340 g/mol. The molecule has 0 aliphatic carbocycles. The first-order valence-corrected chi connectivity index (χ1v) is 9.42. The number of nitrogens with zero attached hydrogens (tertiary/aromatic N) is 1. The molecule has 2 aliphatic rings. The van der Waals surface area contributed by atoms with Crippen molar-refractivity contribution in [3.8, 4) is 0 Å². The van der Waals surface area contributed by atoms with Crippen molar-refractivity contribution in [1.29, 1.82) is 0 Å². The summed E-state index contributed by atoms with van der Waals surface area (Å²) >= 11 is 0. The summed E-state index contributed by atoms with van der Waals surface area (Å²) in [7, 11) is 0. The molecule has 140 valence electrons. The molecule has 3 N–H and O–H groups in total. The fourth-order valence-corrected chi connectivity index (χ4v) is 3.84. The molecule has 0 unspecified atom stereocenters. The van der Waals surface area contributed by atoms with Crippen LogP contribution in [-0.4, -0.2) is 43.0 Å². The molecule has 2 aromatic rings. The molecule has 27 heavy (non-hydrogen) atoms. The van der Waals surface area contributed by atoms with Crippen LogP contribution in [0.25, 0.3) is 0 Å². The highest BCUT2D eigenvalue weighted by atomic mass is 16.2. The molecule has 4 rings (SSSR count). The van der Waals surface area contributed by atoms with E-state index < -0.39 is 0 Å². The van der Waals surface area contributed by atoms with Gasteiger partial charge in [-0.2, -0.15) is 0 Å². The van der Waals surface area contributed by atoms with E-state index in [-0.39, 0.29) is 11.9 Å². The van der Waals surface area contributed by atoms with Crippen molar-refractivity contribution in [1.82, 2.24) is 10.2 Å². The van der Waals surface area contributed by atoms with Crippen LogP contribution in [0.5, 0.6) is 0 Å². The Morgan fingerprint density at radius 2 is 2.04 bits per heavy atom. The number of rotatable bonds is 5. The highest BCUT2D eigenvalue weighted by Crippen LogP contribution is 2.27. The molecule has 6 heteroatoms. The Morgan fingerprint density at radius 1 is 1.19 bits per heavy atom. The first-order chi connectivity index (χ1) is 13.2. The van der Waals surface area contributed by atoms with E-state index in [1.807, 2.05) is 18.2 Å². The normalized spacial score (nSPS) is 18.8. The second kappa shape index (κ2) is 7.80. The first kappa shape index (κ1) is 17.5. The number of nitrogens with one attached hydrogen (secondary N) is 3. The van der Waals surface area contributed by atoms with E-state index in [0.717, 1.165) is 37.3 Å². The van der Waals surface area contributed by atoms with Gasteiger partial charge in [0.2, 0.25) is 5.91 Å². The van der Waals surface area contributed by atoms with Crippen molar-refractivity contribution in [3.05, 3.63) is 59.7 Å². The van der Waals surface area contributed by atoms with Crippen LogP contribution in [0.1, 0.15) is 23.5 Å². The van der Waals surface area contributed by atoms with Gasteiger partial charge in [0.15, 0.2) is 0 Å². The topological polar surface area (TPSA) is 73.5 Å². The standard InChI is InChI=1S/C21H24N4O2/c26-20-13-17-12-18(6-7-19(17)24-20)23-21(27)22-9-11-25-10-8-16(14-25)15-4-2-1-3-5-15/h1-7,12,16H,8-11,13-14H2,(H,24,26)(H2,22,23,27)/t16-/m1/s1. The molecule has 0 saturated carbocycles. The zero-order valence-corrected chi connectivity index (χ0v) is 15.2. The van der Waals surface area contributed by atoms with E-state index in [0.29, 0.717) is 24.6 Å². The minimum Gasteiger partial charge on any atom is -0.337 e.